The number of nitrogens with zero attached hydrogens (tertiary/aromatic N) is 4. The molecule has 1 unspecified atom stereocenters. The first kappa shape index (κ1) is 30.0. The molecule has 1 atom stereocenters. The summed E-state index contributed by atoms with van der Waals surface area (Å²) in [5.74, 6) is 0.284. The number of rotatable bonds is 7. The van der Waals surface area contributed by atoms with E-state index >= 15 is 0 Å². The van der Waals surface area contributed by atoms with E-state index in [0.717, 1.165) is 95.4 Å². The fourth-order valence-corrected chi connectivity index (χ4v) is 7.95. The molecular formula is C38H45N5O. The van der Waals surface area contributed by atoms with Crippen molar-refractivity contribution in [2.75, 3.05) is 0 Å². The van der Waals surface area contributed by atoms with E-state index in [1.807, 2.05) is 6.92 Å². The summed E-state index contributed by atoms with van der Waals surface area (Å²) in [7, 11) is 0. The quantitative estimate of drug-likeness (QED) is 0.311. The molecule has 0 aromatic heterocycles. The molecule has 0 saturated carbocycles. The van der Waals surface area contributed by atoms with Gasteiger partial charge in [-0.2, -0.15) is 0 Å². The summed E-state index contributed by atoms with van der Waals surface area (Å²) in [6, 6.07) is 0. The maximum Gasteiger partial charge on any atom is 0.125 e. The van der Waals surface area contributed by atoms with Crippen LogP contribution in [0.4, 0.5) is 0 Å². The molecule has 0 aromatic carbocycles. The summed E-state index contributed by atoms with van der Waals surface area (Å²) in [4.78, 5) is 21.2. The van der Waals surface area contributed by atoms with E-state index in [2.05, 4.69) is 78.1 Å². The number of aliphatic hydroxyl groups is 1. The molecular weight excluding hydrogens is 542 g/mol. The molecule has 6 heterocycles. The second-order valence-corrected chi connectivity index (χ2v) is 11.9. The zero-order chi connectivity index (χ0) is 31.3. The van der Waals surface area contributed by atoms with Gasteiger partial charge in [-0.25, -0.2) is 20.0 Å². The Labute approximate surface area is 262 Å². The predicted molar refractivity (Wildman–Crippen MR) is 184 cm³/mol. The lowest BCUT2D eigenvalue weighted by atomic mass is 9.71. The highest BCUT2D eigenvalue weighted by atomic mass is 16.3. The molecule has 0 spiro atoms. The zero-order valence-electron chi connectivity index (χ0n) is 27.6. The summed E-state index contributed by atoms with van der Waals surface area (Å²) in [6.45, 7) is 17.4. The van der Waals surface area contributed by atoms with E-state index in [4.69, 9.17) is 20.0 Å². The number of fused-ring (bicyclic) bond motifs is 4. The first-order valence-corrected chi connectivity index (χ1v) is 16.6. The van der Waals surface area contributed by atoms with Crippen molar-refractivity contribution in [3.63, 3.8) is 0 Å². The van der Waals surface area contributed by atoms with Crippen LogP contribution in [-0.4, -0.2) is 28.0 Å². The van der Waals surface area contributed by atoms with Crippen molar-refractivity contribution >= 4 is 22.8 Å². The van der Waals surface area contributed by atoms with Gasteiger partial charge < -0.3 is 10.4 Å². The van der Waals surface area contributed by atoms with E-state index in [0.29, 0.717) is 6.42 Å². The topological polar surface area (TPSA) is 81.7 Å². The van der Waals surface area contributed by atoms with Gasteiger partial charge in [-0.15, -0.1) is 0 Å². The van der Waals surface area contributed by atoms with E-state index in [-0.39, 0.29) is 5.76 Å². The SMILES string of the molecule is C/C=C1/C2=NC3=C(NC=C(O)C31CC)C1=NC(=CC3=NC(=CC4=NC(=C2)C(CC)=C4CC)C(CC)=C3CC)C(CC)=C1CC. The highest BCUT2D eigenvalue weighted by molar-refractivity contribution is 6.21. The average Bonchev–Trinajstić information content (AvgIpc) is 3.75. The molecule has 228 valence electrons. The standard InChI is InChI=1S/C38H45N5O/c1-9-21-22(10-2)30-18-32-25(13-5)26(14-6)35(42-32)36-37-38(16-8,34(44)20-39-36)27(15-7)33(43-37)19-31-24(12-4)23(11-3)29(41-31)17-28(21)40-30/h15,17-20,39,44H,9-14,16H2,1-8H3/b27-15-,28-17?,29-17?,30-18?,31-19?,32-18?,33-19?,36-35?. The van der Waals surface area contributed by atoms with Gasteiger partial charge in [0.25, 0.3) is 0 Å². The summed E-state index contributed by atoms with van der Waals surface area (Å²) >= 11 is 0. The molecule has 44 heavy (non-hydrogen) atoms. The van der Waals surface area contributed by atoms with Crippen LogP contribution in [-0.2, 0) is 0 Å². The molecule has 6 aliphatic heterocycles. The molecule has 0 aromatic rings. The third kappa shape index (κ3) is 4.13. The summed E-state index contributed by atoms with van der Waals surface area (Å²) < 4.78 is 0. The van der Waals surface area contributed by atoms with Crippen molar-refractivity contribution in [3.8, 4) is 0 Å². The minimum atomic E-state index is -0.746. The molecule has 6 rings (SSSR count). The van der Waals surface area contributed by atoms with Crippen molar-refractivity contribution in [3.05, 3.63) is 104 Å². The number of aliphatic imine (C=N–C) groups is 4. The highest BCUT2D eigenvalue weighted by Crippen LogP contribution is 2.54. The highest BCUT2D eigenvalue weighted by Gasteiger charge is 2.51. The fourth-order valence-electron chi connectivity index (χ4n) is 7.95. The van der Waals surface area contributed by atoms with E-state index in [1.165, 1.54) is 33.4 Å². The molecule has 0 saturated heterocycles. The van der Waals surface area contributed by atoms with Crippen molar-refractivity contribution in [2.45, 2.75) is 100 Å². The largest absolute Gasteiger partial charge is 0.509 e. The lowest BCUT2D eigenvalue weighted by molar-refractivity contribution is 0.281. The zero-order valence-corrected chi connectivity index (χ0v) is 27.6. The molecule has 2 N–H and O–H groups in total. The van der Waals surface area contributed by atoms with Crippen molar-refractivity contribution in [2.24, 2.45) is 25.4 Å². The number of hydrogen-bond donors (Lipinski definition) is 2. The Morgan fingerprint density at radius 3 is 1.59 bits per heavy atom. The van der Waals surface area contributed by atoms with Crippen molar-refractivity contribution < 1.29 is 5.11 Å². The Kier molecular flexibility index (Phi) is 7.81. The Morgan fingerprint density at radius 2 is 1.11 bits per heavy atom. The minimum Gasteiger partial charge on any atom is -0.509 e. The van der Waals surface area contributed by atoms with Crippen LogP contribution in [0, 0.1) is 5.41 Å². The van der Waals surface area contributed by atoms with Crippen molar-refractivity contribution in [1.29, 1.82) is 0 Å². The van der Waals surface area contributed by atoms with Gasteiger partial charge in [0, 0.05) is 6.20 Å². The van der Waals surface area contributed by atoms with Gasteiger partial charge in [0.05, 0.1) is 56.7 Å². The van der Waals surface area contributed by atoms with Crippen LogP contribution >= 0.6 is 0 Å². The van der Waals surface area contributed by atoms with Crippen LogP contribution in [0.3, 0.4) is 0 Å². The summed E-state index contributed by atoms with van der Waals surface area (Å²) in [6.07, 6.45) is 16.4. The second-order valence-electron chi connectivity index (χ2n) is 11.9. The molecule has 0 amide bonds. The van der Waals surface area contributed by atoms with Crippen LogP contribution < -0.4 is 5.32 Å². The number of allylic oxidation sites excluding steroid dienone is 10. The number of nitrogens with one attached hydrogen (secondary N) is 1. The first-order chi connectivity index (χ1) is 21.3. The molecule has 8 bridgehead atoms. The van der Waals surface area contributed by atoms with Crippen LogP contribution in [0.25, 0.3) is 0 Å². The average molecular weight is 588 g/mol. The summed E-state index contributed by atoms with van der Waals surface area (Å²) in [5, 5.41) is 15.0. The van der Waals surface area contributed by atoms with Crippen LogP contribution in [0.2, 0.25) is 0 Å². The van der Waals surface area contributed by atoms with Crippen LogP contribution in [0.1, 0.15) is 100 Å². The van der Waals surface area contributed by atoms with Gasteiger partial charge in [-0.1, -0.05) is 54.5 Å². The normalized spacial score (nSPS) is 25.2. The summed E-state index contributed by atoms with van der Waals surface area (Å²) in [5.41, 5.74) is 16.3. The lowest BCUT2D eigenvalue weighted by Crippen LogP contribution is -2.35. The van der Waals surface area contributed by atoms with E-state index in [1.54, 1.807) is 6.20 Å². The number of aliphatic hydroxyl groups excluding tert-OH is 1. The fraction of sp³-hybridized carbons (Fsp3) is 0.421. The predicted octanol–water partition coefficient (Wildman–Crippen LogP) is 9.38. The van der Waals surface area contributed by atoms with Crippen molar-refractivity contribution in [1.82, 2.24) is 5.32 Å². The number of dihydropyridines is 1. The van der Waals surface area contributed by atoms with Gasteiger partial charge in [-0.3, -0.25) is 0 Å². The van der Waals surface area contributed by atoms with Gasteiger partial charge in [-0.05, 0) is 109 Å². The monoisotopic (exact) mass is 587 g/mol. The third-order valence-electron chi connectivity index (χ3n) is 10.0. The van der Waals surface area contributed by atoms with E-state index < -0.39 is 5.41 Å². The molecule has 6 aliphatic rings. The Bertz CT molecular complexity index is 1770. The van der Waals surface area contributed by atoms with Crippen LogP contribution in [0.15, 0.2) is 124 Å². The second kappa shape index (κ2) is 11.5. The van der Waals surface area contributed by atoms with Gasteiger partial charge in [0.2, 0.25) is 0 Å². The lowest BCUT2D eigenvalue weighted by Gasteiger charge is -2.34. The molecule has 6 nitrogen and oxygen atoms in total. The van der Waals surface area contributed by atoms with Crippen LogP contribution in [0.5, 0.6) is 0 Å². The smallest absolute Gasteiger partial charge is 0.125 e. The minimum absolute atomic E-state index is 0.284. The maximum absolute atomic E-state index is 11.6. The molecule has 6 heteroatoms. The Balaban J connectivity index is 1.74. The molecule has 0 radical (unpaired) electrons. The third-order valence-corrected chi connectivity index (χ3v) is 10.0. The van der Waals surface area contributed by atoms with E-state index in [9.17, 15) is 5.11 Å². The first-order valence-electron chi connectivity index (χ1n) is 16.6. The molecule has 0 fully saturated rings. The van der Waals surface area contributed by atoms with Gasteiger partial charge in [0.1, 0.15) is 5.76 Å². The Morgan fingerprint density at radius 1 is 0.636 bits per heavy atom. The Hall–Kier alpha value is -4.06. The van der Waals surface area contributed by atoms with Gasteiger partial charge in [0.15, 0.2) is 0 Å². The molecule has 0 aliphatic carbocycles. The van der Waals surface area contributed by atoms with Gasteiger partial charge >= 0.3 is 0 Å². The maximum atomic E-state index is 11.6. The number of hydrogen-bond acceptors (Lipinski definition) is 6.